The third-order valence-corrected chi connectivity index (χ3v) is 4.59. The van der Waals surface area contributed by atoms with Gasteiger partial charge >= 0.3 is 0 Å². The smallest absolute Gasteiger partial charge is 0.272 e. The number of H-pyrrole nitrogens is 1. The van der Waals surface area contributed by atoms with Crippen molar-refractivity contribution in [1.82, 2.24) is 15.1 Å². The van der Waals surface area contributed by atoms with E-state index in [0.717, 1.165) is 36.9 Å². The topological polar surface area (TPSA) is 61.0 Å². The van der Waals surface area contributed by atoms with Crippen LogP contribution in [0.5, 0.6) is 0 Å². The summed E-state index contributed by atoms with van der Waals surface area (Å²) in [5, 5.41) is 11.3. The lowest BCUT2D eigenvalue weighted by Crippen LogP contribution is -2.31. The molecule has 23 heavy (non-hydrogen) atoms. The van der Waals surface area contributed by atoms with Gasteiger partial charge in [0.05, 0.1) is 11.1 Å². The van der Waals surface area contributed by atoms with Crippen LogP contribution in [0, 0.1) is 5.82 Å². The molecule has 0 fully saturated rings. The van der Waals surface area contributed by atoms with Crippen LogP contribution >= 0.6 is 0 Å². The van der Waals surface area contributed by atoms with Gasteiger partial charge in [0.1, 0.15) is 5.82 Å². The zero-order chi connectivity index (χ0) is 16.6. The molecule has 0 saturated heterocycles. The molecule has 2 N–H and O–H groups in total. The molecule has 1 aromatic heterocycles. The van der Waals surface area contributed by atoms with Crippen LogP contribution < -0.4 is 10.9 Å². The Morgan fingerprint density at radius 2 is 2.09 bits per heavy atom. The molecule has 1 aromatic carbocycles. The highest BCUT2D eigenvalue weighted by Gasteiger charge is 2.29. The van der Waals surface area contributed by atoms with Crippen LogP contribution in [-0.4, -0.2) is 41.8 Å². The number of hydrogen-bond acceptors (Lipinski definition) is 4. The fraction of sp³-hybridized carbons (Fsp3) is 0.529. The lowest BCUT2D eigenvalue weighted by atomic mass is 9.85. The van der Waals surface area contributed by atoms with Gasteiger partial charge in [-0.2, -0.15) is 5.10 Å². The lowest BCUT2D eigenvalue weighted by Gasteiger charge is -2.32. The Balaban J connectivity index is 1.94. The molecule has 0 spiro atoms. The molecule has 0 amide bonds. The van der Waals surface area contributed by atoms with E-state index in [1.165, 1.54) is 12.1 Å². The molecule has 0 bridgehead atoms. The normalized spacial score (nSPS) is 20.0. The molecule has 2 heterocycles. The molecule has 1 aliphatic heterocycles. The zero-order valence-corrected chi connectivity index (χ0v) is 13.8. The second-order valence-corrected chi connectivity index (χ2v) is 6.65. The predicted octanol–water partition coefficient (Wildman–Crippen LogP) is 2.69. The highest BCUT2D eigenvalue weighted by atomic mass is 19.1. The number of aromatic amines is 1. The second-order valence-electron chi connectivity index (χ2n) is 6.65. The van der Waals surface area contributed by atoms with Crippen molar-refractivity contribution in [3.8, 4) is 0 Å². The second kappa shape index (κ2) is 6.28. The van der Waals surface area contributed by atoms with Crippen LogP contribution in [0.25, 0.3) is 10.8 Å². The van der Waals surface area contributed by atoms with E-state index in [4.69, 9.17) is 0 Å². The Hall–Kier alpha value is -1.95. The van der Waals surface area contributed by atoms with Gasteiger partial charge in [-0.3, -0.25) is 4.79 Å². The number of nitrogens with zero attached hydrogens (tertiary/aromatic N) is 2. The van der Waals surface area contributed by atoms with E-state index in [-0.39, 0.29) is 17.5 Å². The Morgan fingerprint density at radius 1 is 1.30 bits per heavy atom. The molecular weight excluding hydrogens is 295 g/mol. The lowest BCUT2D eigenvalue weighted by molar-refractivity contribution is 0.382. The first kappa shape index (κ1) is 15.9. The molecule has 0 radical (unpaired) electrons. The van der Waals surface area contributed by atoms with Crippen LogP contribution in [0.1, 0.15) is 37.8 Å². The molecule has 1 aliphatic rings. The van der Waals surface area contributed by atoms with E-state index >= 15 is 0 Å². The minimum Gasteiger partial charge on any atom is -0.381 e. The molecule has 2 atom stereocenters. The van der Waals surface area contributed by atoms with Gasteiger partial charge in [-0.25, -0.2) is 9.49 Å². The van der Waals surface area contributed by atoms with Gasteiger partial charge < -0.3 is 10.2 Å². The number of unbranched alkanes of at least 4 members (excludes halogenated alkanes) is 1. The van der Waals surface area contributed by atoms with Gasteiger partial charge in [0.2, 0.25) is 0 Å². The number of rotatable bonds is 5. The first-order chi connectivity index (χ1) is 11.0. The minimum absolute atomic E-state index is 0.158. The van der Waals surface area contributed by atoms with Crippen LogP contribution in [0.15, 0.2) is 16.9 Å². The number of halogens is 1. The van der Waals surface area contributed by atoms with E-state index in [1.54, 1.807) is 0 Å². The zero-order valence-electron chi connectivity index (χ0n) is 13.8. The van der Waals surface area contributed by atoms with Crippen LogP contribution in [0.4, 0.5) is 10.1 Å². The van der Waals surface area contributed by atoms with Crippen molar-refractivity contribution in [2.45, 2.75) is 38.1 Å². The summed E-state index contributed by atoms with van der Waals surface area (Å²) in [5.74, 6) is -0.186. The average molecular weight is 318 g/mol. The van der Waals surface area contributed by atoms with Crippen LogP contribution in [-0.2, 0) is 0 Å². The molecule has 6 heteroatoms. The molecule has 124 valence electrons. The maximum absolute atomic E-state index is 13.8. The Labute approximate surface area is 134 Å². The van der Waals surface area contributed by atoms with E-state index in [2.05, 4.69) is 41.4 Å². The van der Waals surface area contributed by atoms with Gasteiger partial charge in [0.15, 0.2) is 0 Å². The van der Waals surface area contributed by atoms with Gasteiger partial charge in [-0.1, -0.05) is 6.42 Å². The van der Waals surface area contributed by atoms with Gasteiger partial charge in [-0.15, -0.1) is 0 Å². The molecule has 0 aliphatic carbocycles. The van der Waals surface area contributed by atoms with Crippen molar-refractivity contribution >= 4 is 16.5 Å². The van der Waals surface area contributed by atoms with Gasteiger partial charge in [-0.05, 0) is 52.5 Å². The summed E-state index contributed by atoms with van der Waals surface area (Å²) >= 11 is 0. The van der Waals surface area contributed by atoms with E-state index in [0.29, 0.717) is 11.1 Å². The first-order valence-corrected chi connectivity index (χ1v) is 8.10. The number of anilines is 1. The number of hydrogen-bond donors (Lipinski definition) is 2. The van der Waals surface area contributed by atoms with Gasteiger partial charge in [0, 0.05) is 23.0 Å². The monoisotopic (exact) mass is 318 g/mol. The Morgan fingerprint density at radius 3 is 2.83 bits per heavy atom. The highest BCUT2D eigenvalue weighted by Crippen LogP contribution is 2.38. The van der Waals surface area contributed by atoms with Crippen molar-refractivity contribution in [3.63, 3.8) is 0 Å². The minimum atomic E-state index is -0.403. The highest BCUT2D eigenvalue weighted by molar-refractivity contribution is 5.96. The van der Waals surface area contributed by atoms with Crippen molar-refractivity contribution < 1.29 is 4.39 Å². The Bertz CT molecular complexity index is 771. The summed E-state index contributed by atoms with van der Waals surface area (Å²) < 4.78 is 13.8. The van der Waals surface area contributed by atoms with Crippen LogP contribution in [0.2, 0.25) is 0 Å². The van der Waals surface area contributed by atoms with Crippen LogP contribution in [0.3, 0.4) is 0 Å². The third kappa shape index (κ3) is 3.08. The summed E-state index contributed by atoms with van der Waals surface area (Å²) in [6.45, 7) is 3.15. The largest absolute Gasteiger partial charge is 0.381 e. The fourth-order valence-corrected chi connectivity index (χ4v) is 3.43. The number of nitrogens with one attached hydrogen (secondary N) is 2. The fourth-order valence-electron chi connectivity index (χ4n) is 3.43. The summed E-state index contributed by atoms with van der Waals surface area (Å²) in [5.41, 5.74) is 1.21. The van der Waals surface area contributed by atoms with Crippen molar-refractivity contribution in [2.24, 2.45) is 0 Å². The maximum Gasteiger partial charge on any atom is 0.272 e. The maximum atomic E-state index is 13.8. The molecule has 3 rings (SSSR count). The van der Waals surface area contributed by atoms with E-state index in [1.807, 2.05) is 0 Å². The standard InChI is InChI=1S/C17H23FN4O/c1-10-12(6-4-5-7-22(2)3)16-15-13(17(23)21-20-16)8-11(18)9-14(15)19-10/h8-10,12,19H,4-7H2,1-3H3,(H,21,23). The summed E-state index contributed by atoms with van der Waals surface area (Å²) in [6, 6.07) is 2.90. The SMILES string of the molecule is CC1Nc2cc(F)cc3c(=O)[nH]nc(c23)C1CCCCN(C)C. The Kier molecular flexibility index (Phi) is 4.35. The van der Waals surface area contributed by atoms with Crippen molar-refractivity contribution in [2.75, 3.05) is 26.0 Å². The molecule has 2 aromatic rings. The van der Waals surface area contributed by atoms with Crippen molar-refractivity contribution in [1.29, 1.82) is 0 Å². The number of benzene rings is 1. The van der Waals surface area contributed by atoms with E-state index < -0.39 is 5.82 Å². The third-order valence-electron chi connectivity index (χ3n) is 4.59. The van der Waals surface area contributed by atoms with E-state index in [9.17, 15) is 9.18 Å². The van der Waals surface area contributed by atoms with Crippen molar-refractivity contribution in [3.05, 3.63) is 34.0 Å². The summed E-state index contributed by atoms with van der Waals surface area (Å²) in [7, 11) is 4.14. The first-order valence-electron chi connectivity index (χ1n) is 8.10. The quantitative estimate of drug-likeness (QED) is 0.832. The molecule has 2 unspecified atom stereocenters. The molecule has 5 nitrogen and oxygen atoms in total. The molecule has 0 saturated carbocycles. The van der Waals surface area contributed by atoms with Gasteiger partial charge in [0.25, 0.3) is 5.56 Å². The summed E-state index contributed by atoms with van der Waals surface area (Å²) in [4.78, 5) is 14.2. The number of aromatic nitrogens is 2. The summed E-state index contributed by atoms with van der Waals surface area (Å²) in [6.07, 6.45) is 3.21. The average Bonchev–Trinajstić information content (AvgIpc) is 2.48. The molecular formula is C17H23FN4O. The predicted molar refractivity (Wildman–Crippen MR) is 90.6 cm³/mol.